The Morgan fingerprint density at radius 2 is 1.76 bits per heavy atom. The summed E-state index contributed by atoms with van der Waals surface area (Å²) in [4.78, 5) is 27.7. The number of hydrogen-bond acceptors (Lipinski definition) is 7. The van der Waals surface area contributed by atoms with E-state index in [1.165, 1.54) is 12.1 Å². The van der Waals surface area contributed by atoms with Crippen LogP contribution in [0.25, 0.3) is 17.0 Å². The number of fused-ring (bicyclic) bond motifs is 1. The van der Waals surface area contributed by atoms with Crippen molar-refractivity contribution in [3.8, 4) is 11.5 Å². The minimum absolute atomic E-state index is 0. The standard InChI is InChI=1S/C26H29NO6.ClH/c1-5-27(6-2)15-16-32-26(30)24-17(3)20-12-14-22(29)23(25(20)33-24)21(28)13-9-18-7-10-19(31-4)11-8-18;/h7-14,29H,5-6,15-16H2,1-4H3;1H/b13-9+;. The van der Waals surface area contributed by atoms with E-state index in [-0.39, 0.29) is 41.7 Å². The summed E-state index contributed by atoms with van der Waals surface area (Å²) in [6.45, 7) is 8.41. The van der Waals surface area contributed by atoms with E-state index in [9.17, 15) is 14.7 Å². The number of carbonyl (C=O) groups is 2. The summed E-state index contributed by atoms with van der Waals surface area (Å²) in [5, 5.41) is 11.0. The Balaban J connectivity index is 0.00000408. The smallest absolute Gasteiger partial charge is 0.374 e. The third kappa shape index (κ3) is 5.98. The molecule has 182 valence electrons. The van der Waals surface area contributed by atoms with Gasteiger partial charge in [-0.2, -0.15) is 0 Å². The number of aromatic hydroxyl groups is 1. The molecule has 3 rings (SSSR count). The first-order chi connectivity index (χ1) is 15.9. The molecule has 2 aromatic carbocycles. The number of halogens is 1. The maximum atomic E-state index is 12.9. The number of likely N-dealkylation sites (N-methyl/N-ethyl adjacent to an activating group) is 1. The number of methoxy groups -OCH3 is 1. The van der Waals surface area contributed by atoms with E-state index in [2.05, 4.69) is 4.90 Å². The quantitative estimate of drug-likeness (QED) is 0.236. The predicted octanol–water partition coefficient (Wildman–Crippen LogP) is 5.27. The van der Waals surface area contributed by atoms with Crippen LogP contribution in [0, 0.1) is 6.92 Å². The highest BCUT2D eigenvalue weighted by molar-refractivity contribution is 6.16. The second-order valence-corrected chi connectivity index (χ2v) is 7.53. The van der Waals surface area contributed by atoms with Gasteiger partial charge in [0.1, 0.15) is 29.3 Å². The maximum Gasteiger partial charge on any atom is 0.374 e. The summed E-state index contributed by atoms with van der Waals surface area (Å²) in [5.41, 5.74) is 1.52. The summed E-state index contributed by atoms with van der Waals surface area (Å²) in [6, 6.07) is 10.3. The van der Waals surface area contributed by atoms with Crippen molar-refractivity contribution in [2.24, 2.45) is 0 Å². The van der Waals surface area contributed by atoms with Crippen LogP contribution in [-0.4, -0.2) is 55.1 Å². The third-order valence-corrected chi connectivity index (χ3v) is 5.59. The molecular weight excluding hydrogens is 458 g/mol. The van der Waals surface area contributed by atoms with Crippen LogP contribution in [-0.2, 0) is 4.74 Å². The van der Waals surface area contributed by atoms with Gasteiger partial charge in [-0.1, -0.05) is 32.1 Å². The first-order valence-electron chi connectivity index (χ1n) is 10.9. The van der Waals surface area contributed by atoms with Gasteiger partial charge in [-0.05, 0) is 55.9 Å². The number of esters is 1. The number of allylic oxidation sites excluding steroid dienone is 1. The summed E-state index contributed by atoms with van der Waals surface area (Å²) < 4.78 is 16.3. The van der Waals surface area contributed by atoms with Crippen LogP contribution in [0.4, 0.5) is 0 Å². The molecule has 0 spiro atoms. The topological polar surface area (TPSA) is 89.2 Å². The van der Waals surface area contributed by atoms with Gasteiger partial charge in [0, 0.05) is 17.5 Å². The van der Waals surface area contributed by atoms with Gasteiger partial charge in [-0.15, -0.1) is 12.4 Å². The molecule has 0 saturated heterocycles. The number of hydrogen-bond donors (Lipinski definition) is 1. The lowest BCUT2D eigenvalue weighted by Crippen LogP contribution is -2.27. The van der Waals surface area contributed by atoms with E-state index in [1.807, 2.05) is 26.0 Å². The predicted molar refractivity (Wildman–Crippen MR) is 134 cm³/mol. The number of ether oxygens (including phenoxy) is 2. The Kier molecular flexibility index (Phi) is 9.71. The average Bonchev–Trinajstić information content (AvgIpc) is 3.16. The summed E-state index contributed by atoms with van der Waals surface area (Å²) in [6.07, 6.45) is 2.99. The molecule has 1 heterocycles. The van der Waals surface area contributed by atoms with Gasteiger partial charge in [0.25, 0.3) is 0 Å². The van der Waals surface area contributed by atoms with Gasteiger partial charge in [0.15, 0.2) is 5.78 Å². The monoisotopic (exact) mass is 487 g/mol. The van der Waals surface area contributed by atoms with Gasteiger partial charge in [0.05, 0.1) is 7.11 Å². The molecule has 0 radical (unpaired) electrons. The van der Waals surface area contributed by atoms with Crippen molar-refractivity contribution in [1.82, 2.24) is 4.90 Å². The number of aryl methyl sites for hydroxylation is 1. The van der Waals surface area contributed by atoms with Crippen LogP contribution >= 0.6 is 12.4 Å². The van der Waals surface area contributed by atoms with E-state index in [0.717, 1.165) is 18.7 Å². The fourth-order valence-corrected chi connectivity index (χ4v) is 3.55. The SMILES string of the molecule is CCN(CC)CCOC(=O)c1oc2c(C(=O)/C=C/c3ccc(OC)cc3)c(O)ccc2c1C.Cl. The minimum Gasteiger partial charge on any atom is -0.507 e. The Morgan fingerprint density at radius 1 is 1.09 bits per heavy atom. The number of phenols is 1. The molecule has 7 nitrogen and oxygen atoms in total. The summed E-state index contributed by atoms with van der Waals surface area (Å²) in [7, 11) is 1.58. The van der Waals surface area contributed by atoms with Crippen LogP contribution in [0.3, 0.4) is 0 Å². The zero-order valence-electron chi connectivity index (χ0n) is 19.8. The zero-order chi connectivity index (χ0) is 24.0. The van der Waals surface area contributed by atoms with Crippen LogP contribution in [0.1, 0.15) is 45.9 Å². The fraction of sp³-hybridized carbons (Fsp3) is 0.308. The van der Waals surface area contributed by atoms with Gasteiger partial charge < -0.3 is 23.9 Å². The molecule has 0 fully saturated rings. The zero-order valence-corrected chi connectivity index (χ0v) is 20.6. The first-order valence-corrected chi connectivity index (χ1v) is 10.9. The van der Waals surface area contributed by atoms with E-state index in [0.29, 0.717) is 23.2 Å². The number of rotatable bonds is 10. The van der Waals surface area contributed by atoms with Crippen LogP contribution in [0.2, 0.25) is 0 Å². The highest BCUT2D eigenvalue weighted by Gasteiger charge is 2.24. The van der Waals surface area contributed by atoms with Crippen LogP contribution in [0.5, 0.6) is 11.5 Å². The summed E-state index contributed by atoms with van der Waals surface area (Å²) in [5.74, 6) is -0.513. The van der Waals surface area contributed by atoms with Crippen molar-refractivity contribution in [1.29, 1.82) is 0 Å². The second-order valence-electron chi connectivity index (χ2n) is 7.53. The summed E-state index contributed by atoms with van der Waals surface area (Å²) >= 11 is 0. The second kappa shape index (κ2) is 12.3. The normalized spacial score (nSPS) is 11.1. The lowest BCUT2D eigenvalue weighted by molar-refractivity contribution is 0.0432. The number of ketones is 1. The lowest BCUT2D eigenvalue weighted by Gasteiger charge is -2.17. The van der Waals surface area contributed by atoms with Gasteiger partial charge in [0.2, 0.25) is 5.76 Å². The molecule has 1 N–H and O–H groups in total. The molecule has 0 bridgehead atoms. The Morgan fingerprint density at radius 3 is 2.38 bits per heavy atom. The van der Waals surface area contributed by atoms with Crippen LogP contribution < -0.4 is 4.74 Å². The molecule has 0 amide bonds. The van der Waals surface area contributed by atoms with Gasteiger partial charge in [-0.25, -0.2) is 4.79 Å². The number of furan rings is 1. The Bertz CT molecular complexity index is 1160. The van der Waals surface area contributed by atoms with Crippen LogP contribution in [0.15, 0.2) is 46.9 Å². The van der Waals surface area contributed by atoms with Crippen molar-refractivity contribution in [3.63, 3.8) is 0 Å². The minimum atomic E-state index is -0.595. The van der Waals surface area contributed by atoms with E-state index >= 15 is 0 Å². The fourth-order valence-electron chi connectivity index (χ4n) is 3.55. The molecule has 34 heavy (non-hydrogen) atoms. The van der Waals surface area contributed by atoms with Crippen molar-refractivity contribution in [2.75, 3.05) is 33.4 Å². The number of phenolic OH excluding ortho intramolecular Hbond substituents is 1. The number of carbonyl (C=O) groups excluding carboxylic acids is 2. The maximum absolute atomic E-state index is 12.9. The Labute approximate surface area is 205 Å². The highest BCUT2D eigenvalue weighted by Crippen LogP contribution is 2.34. The van der Waals surface area contributed by atoms with E-state index in [1.54, 1.807) is 38.3 Å². The number of nitrogens with zero attached hydrogens (tertiary/aromatic N) is 1. The van der Waals surface area contributed by atoms with Crippen molar-refractivity contribution >= 4 is 41.2 Å². The lowest BCUT2D eigenvalue weighted by atomic mass is 10.0. The molecule has 0 aliphatic rings. The molecule has 0 atom stereocenters. The molecular formula is C26H30ClNO6. The van der Waals surface area contributed by atoms with Gasteiger partial charge >= 0.3 is 5.97 Å². The number of benzene rings is 2. The van der Waals surface area contributed by atoms with E-state index in [4.69, 9.17) is 13.9 Å². The van der Waals surface area contributed by atoms with Crippen molar-refractivity contribution in [3.05, 3.63) is 64.9 Å². The third-order valence-electron chi connectivity index (χ3n) is 5.59. The van der Waals surface area contributed by atoms with E-state index < -0.39 is 11.8 Å². The highest BCUT2D eigenvalue weighted by atomic mass is 35.5. The largest absolute Gasteiger partial charge is 0.507 e. The molecule has 0 aliphatic carbocycles. The van der Waals surface area contributed by atoms with Gasteiger partial charge in [-0.3, -0.25) is 4.79 Å². The molecule has 0 aliphatic heterocycles. The first kappa shape index (κ1) is 27.0. The molecule has 8 heteroatoms. The molecule has 0 unspecified atom stereocenters. The molecule has 0 saturated carbocycles. The average molecular weight is 488 g/mol. The molecule has 3 aromatic rings. The Hall–Kier alpha value is -3.29. The molecule has 1 aromatic heterocycles. The van der Waals surface area contributed by atoms with Crippen molar-refractivity contribution in [2.45, 2.75) is 20.8 Å². The van der Waals surface area contributed by atoms with Crippen molar-refractivity contribution < 1.29 is 28.6 Å².